The van der Waals surface area contributed by atoms with Gasteiger partial charge in [-0.1, -0.05) is 24.6 Å². The monoisotopic (exact) mass is 408 g/mol. The third-order valence-electron chi connectivity index (χ3n) is 5.67. The molecule has 8 nitrogen and oxygen atoms in total. The molecule has 1 aliphatic heterocycles. The second-order valence-corrected chi connectivity index (χ2v) is 8.40. The number of carbonyl (C=O) groups excluding carboxylic acids is 1. The highest BCUT2D eigenvalue weighted by molar-refractivity contribution is 5.92. The molecule has 8 heteroatoms. The SMILES string of the molecule is Cc1cc(C)c(NC(=O)Cn2nc3c(N4CCC[C@@H](C)C4)nccn3c2=O)c(C)c1. The van der Waals surface area contributed by atoms with Crippen LogP contribution in [0.5, 0.6) is 0 Å². The molecule has 1 atom stereocenters. The van der Waals surface area contributed by atoms with E-state index in [1.807, 2.05) is 32.9 Å². The summed E-state index contributed by atoms with van der Waals surface area (Å²) in [4.78, 5) is 32.2. The van der Waals surface area contributed by atoms with Gasteiger partial charge in [0.25, 0.3) is 0 Å². The van der Waals surface area contributed by atoms with E-state index in [0.29, 0.717) is 17.4 Å². The molecule has 1 fully saturated rings. The van der Waals surface area contributed by atoms with Crippen LogP contribution in [0.15, 0.2) is 29.3 Å². The second kappa shape index (κ2) is 7.93. The number of benzene rings is 1. The molecule has 1 aliphatic rings. The van der Waals surface area contributed by atoms with Crippen molar-refractivity contribution in [1.29, 1.82) is 0 Å². The van der Waals surface area contributed by atoms with Crippen LogP contribution in [0.3, 0.4) is 0 Å². The molecule has 1 amide bonds. The van der Waals surface area contributed by atoms with Crippen LogP contribution in [0.25, 0.3) is 5.65 Å². The van der Waals surface area contributed by atoms with E-state index < -0.39 is 0 Å². The molecule has 1 N–H and O–H groups in total. The van der Waals surface area contributed by atoms with Gasteiger partial charge in [0.15, 0.2) is 5.82 Å². The summed E-state index contributed by atoms with van der Waals surface area (Å²) in [6.07, 6.45) is 5.50. The minimum Gasteiger partial charge on any atom is -0.353 e. The van der Waals surface area contributed by atoms with Crippen LogP contribution in [0.2, 0.25) is 0 Å². The van der Waals surface area contributed by atoms with Gasteiger partial charge in [-0.05, 0) is 50.7 Å². The van der Waals surface area contributed by atoms with Crippen molar-refractivity contribution in [1.82, 2.24) is 19.2 Å². The van der Waals surface area contributed by atoms with Gasteiger partial charge in [-0.25, -0.2) is 18.9 Å². The number of fused-ring (bicyclic) bond motifs is 1. The number of rotatable bonds is 4. The van der Waals surface area contributed by atoms with E-state index >= 15 is 0 Å². The number of hydrogen-bond acceptors (Lipinski definition) is 5. The molecule has 0 aliphatic carbocycles. The maximum atomic E-state index is 12.8. The van der Waals surface area contributed by atoms with Gasteiger partial charge in [0.05, 0.1) is 0 Å². The van der Waals surface area contributed by atoms with Crippen LogP contribution in [-0.4, -0.2) is 38.2 Å². The Kier molecular flexibility index (Phi) is 5.32. The van der Waals surface area contributed by atoms with Gasteiger partial charge in [0.2, 0.25) is 11.6 Å². The average Bonchev–Trinajstić information content (AvgIpc) is 3.00. The largest absolute Gasteiger partial charge is 0.353 e. The fraction of sp³-hybridized carbons (Fsp3) is 0.455. The molecule has 0 bridgehead atoms. The maximum Gasteiger partial charge on any atom is 0.350 e. The number of amides is 1. The summed E-state index contributed by atoms with van der Waals surface area (Å²) < 4.78 is 2.68. The summed E-state index contributed by atoms with van der Waals surface area (Å²) in [5.41, 5.74) is 4.07. The lowest BCUT2D eigenvalue weighted by molar-refractivity contribution is -0.117. The highest BCUT2D eigenvalue weighted by Crippen LogP contribution is 2.24. The fourth-order valence-electron chi connectivity index (χ4n) is 4.34. The van der Waals surface area contributed by atoms with E-state index in [-0.39, 0.29) is 18.1 Å². The number of piperidine rings is 1. The lowest BCUT2D eigenvalue weighted by atomic mass is 10.0. The summed E-state index contributed by atoms with van der Waals surface area (Å²) in [6, 6.07) is 4.05. The third-order valence-corrected chi connectivity index (χ3v) is 5.67. The van der Waals surface area contributed by atoms with Crippen molar-refractivity contribution >= 4 is 23.1 Å². The number of aromatic nitrogens is 4. The van der Waals surface area contributed by atoms with Crippen molar-refractivity contribution in [2.45, 2.75) is 47.1 Å². The topological polar surface area (TPSA) is 84.5 Å². The van der Waals surface area contributed by atoms with Crippen LogP contribution in [-0.2, 0) is 11.3 Å². The van der Waals surface area contributed by atoms with Gasteiger partial charge in [-0.15, -0.1) is 5.10 Å². The summed E-state index contributed by atoms with van der Waals surface area (Å²) in [5.74, 6) is 0.989. The third kappa shape index (κ3) is 3.81. The minimum atomic E-state index is -0.341. The van der Waals surface area contributed by atoms with Crippen molar-refractivity contribution in [3.05, 3.63) is 51.7 Å². The summed E-state index contributed by atoms with van der Waals surface area (Å²) in [6.45, 7) is 9.80. The smallest absolute Gasteiger partial charge is 0.350 e. The highest BCUT2D eigenvalue weighted by Gasteiger charge is 2.22. The van der Waals surface area contributed by atoms with Gasteiger partial charge in [0, 0.05) is 31.2 Å². The number of carbonyl (C=O) groups is 1. The molecule has 0 unspecified atom stereocenters. The average molecular weight is 409 g/mol. The molecule has 0 radical (unpaired) electrons. The number of hydrogen-bond donors (Lipinski definition) is 1. The van der Waals surface area contributed by atoms with Crippen molar-refractivity contribution < 1.29 is 4.79 Å². The van der Waals surface area contributed by atoms with Crippen LogP contribution in [0.1, 0.15) is 36.5 Å². The summed E-state index contributed by atoms with van der Waals surface area (Å²) in [7, 11) is 0. The Labute approximate surface area is 175 Å². The molecular formula is C22H28N6O2. The first-order valence-corrected chi connectivity index (χ1v) is 10.4. The van der Waals surface area contributed by atoms with Gasteiger partial charge in [-0.2, -0.15) is 0 Å². The van der Waals surface area contributed by atoms with Crippen LogP contribution < -0.4 is 15.9 Å². The summed E-state index contributed by atoms with van der Waals surface area (Å²) in [5, 5.41) is 7.39. The molecule has 158 valence electrons. The molecular weight excluding hydrogens is 380 g/mol. The number of aryl methyl sites for hydroxylation is 3. The minimum absolute atomic E-state index is 0.150. The van der Waals surface area contributed by atoms with Crippen molar-refractivity contribution in [3.63, 3.8) is 0 Å². The quantitative estimate of drug-likeness (QED) is 0.718. The molecule has 0 spiro atoms. The van der Waals surface area contributed by atoms with Crippen LogP contribution in [0.4, 0.5) is 11.5 Å². The van der Waals surface area contributed by atoms with Gasteiger partial charge >= 0.3 is 5.69 Å². The zero-order valence-electron chi connectivity index (χ0n) is 18.0. The van der Waals surface area contributed by atoms with Crippen LogP contribution >= 0.6 is 0 Å². The fourth-order valence-corrected chi connectivity index (χ4v) is 4.34. The Balaban J connectivity index is 1.61. The molecule has 1 aromatic carbocycles. The Morgan fingerprint density at radius 2 is 1.97 bits per heavy atom. The first kappa shape index (κ1) is 20.1. The first-order valence-electron chi connectivity index (χ1n) is 10.4. The maximum absolute atomic E-state index is 12.8. The zero-order valence-corrected chi connectivity index (χ0v) is 18.0. The van der Waals surface area contributed by atoms with Crippen molar-refractivity contribution in [3.8, 4) is 0 Å². The molecule has 30 heavy (non-hydrogen) atoms. The lowest BCUT2D eigenvalue weighted by Gasteiger charge is -2.31. The van der Waals surface area contributed by atoms with Gasteiger partial charge in [0.1, 0.15) is 6.54 Å². The lowest BCUT2D eigenvalue weighted by Crippen LogP contribution is -2.35. The Bertz CT molecular complexity index is 1140. The zero-order chi connectivity index (χ0) is 21.4. The molecule has 3 aromatic rings. The number of nitrogens with zero attached hydrogens (tertiary/aromatic N) is 5. The highest BCUT2D eigenvalue weighted by atomic mass is 16.2. The molecule has 2 aromatic heterocycles. The number of anilines is 2. The van der Waals surface area contributed by atoms with Gasteiger partial charge < -0.3 is 10.2 Å². The standard InChI is InChI=1S/C22H28N6O2/c1-14-6-5-8-26(12-14)20-21-25-28(22(30)27(21)9-7-23-20)13-18(29)24-19-16(3)10-15(2)11-17(19)4/h7,9-11,14H,5-6,8,12-13H2,1-4H3,(H,24,29)/t14-/m1/s1. The predicted molar refractivity (Wildman–Crippen MR) is 117 cm³/mol. The van der Waals surface area contributed by atoms with E-state index in [9.17, 15) is 9.59 Å². The summed E-state index contributed by atoms with van der Waals surface area (Å²) >= 11 is 0. The van der Waals surface area contributed by atoms with Crippen molar-refractivity contribution in [2.75, 3.05) is 23.3 Å². The van der Waals surface area contributed by atoms with E-state index in [1.54, 1.807) is 12.4 Å². The van der Waals surface area contributed by atoms with Crippen LogP contribution in [0, 0.1) is 26.7 Å². The normalized spacial score (nSPS) is 16.8. The molecule has 3 heterocycles. The Morgan fingerprint density at radius 3 is 2.67 bits per heavy atom. The molecule has 1 saturated heterocycles. The Morgan fingerprint density at radius 1 is 1.23 bits per heavy atom. The predicted octanol–water partition coefficient (Wildman–Crippen LogP) is 2.69. The van der Waals surface area contributed by atoms with E-state index in [1.165, 1.54) is 15.5 Å². The number of nitrogens with one attached hydrogen (secondary N) is 1. The van der Waals surface area contributed by atoms with E-state index in [4.69, 9.17) is 0 Å². The van der Waals surface area contributed by atoms with E-state index in [2.05, 4.69) is 27.2 Å². The van der Waals surface area contributed by atoms with Crippen molar-refractivity contribution in [2.24, 2.45) is 5.92 Å². The second-order valence-electron chi connectivity index (χ2n) is 8.40. The van der Waals surface area contributed by atoms with Gasteiger partial charge in [-0.3, -0.25) is 4.79 Å². The Hall–Kier alpha value is -3.16. The first-order chi connectivity index (χ1) is 14.3. The molecule has 0 saturated carbocycles. The molecule has 4 rings (SSSR count). The van der Waals surface area contributed by atoms with E-state index in [0.717, 1.165) is 41.9 Å².